The number of nitrogens with zero attached hydrogens (tertiary/aromatic N) is 2. The third-order valence-electron chi connectivity index (χ3n) is 9.11. The van der Waals surface area contributed by atoms with Gasteiger partial charge in [-0.05, 0) is 152 Å². The van der Waals surface area contributed by atoms with Crippen molar-refractivity contribution < 1.29 is 26.8 Å². The summed E-state index contributed by atoms with van der Waals surface area (Å²) < 4.78 is 53.3. The average Bonchev–Trinajstić information content (AvgIpc) is 3.19. The molecule has 0 aliphatic heterocycles. The van der Waals surface area contributed by atoms with E-state index in [1.54, 1.807) is 49.9 Å². The molecule has 0 atom stereocenters. The number of ether oxygens (including phenoxy) is 3. The smallest absolute Gasteiger partial charge is 0.339 e. The highest BCUT2D eigenvalue weighted by atomic mass is 32.2. The van der Waals surface area contributed by atoms with Crippen LogP contribution in [0.15, 0.2) is 157 Å². The van der Waals surface area contributed by atoms with Gasteiger partial charge in [-0.3, -0.25) is 9.97 Å². The van der Waals surface area contributed by atoms with Gasteiger partial charge in [0, 0.05) is 35.9 Å². The van der Waals surface area contributed by atoms with E-state index < -0.39 is 10.1 Å². The lowest BCUT2D eigenvalue weighted by Gasteiger charge is -2.23. The van der Waals surface area contributed by atoms with Crippen molar-refractivity contribution in [2.75, 3.05) is 0 Å². The molecule has 0 amide bonds. The summed E-state index contributed by atoms with van der Waals surface area (Å²) >= 11 is 0. The first-order chi connectivity index (χ1) is 27.4. The molecule has 7 aromatic rings. The summed E-state index contributed by atoms with van der Waals surface area (Å²) in [5, 5.41) is 0. The number of rotatable bonds is 13. The summed E-state index contributed by atoms with van der Waals surface area (Å²) in [5.41, 5.74) is 7.65. The maximum Gasteiger partial charge on any atom is 0.339 e. The van der Waals surface area contributed by atoms with Crippen LogP contribution >= 0.6 is 0 Å². The quantitative estimate of drug-likeness (QED) is 0.107. The molecule has 0 aliphatic rings. The Morgan fingerprint density at radius 3 is 1.67 bits per heavy atom. The Labute approximate surface area is 334 Å². The van der Waals surface area contributed by atoms with E-state index in [9.17, 15) is 8.42 Å². The molecule has 8 nitrogen and oxygen atoms in total. The molecule has 0 spiro atoms. The number of hydrogen-bond donors (Lipinski definition) is 0. The number of benzene rings is 5. The van der Waals surface area contributed by atoms with Gasteiger partial charge >= 0.3 is 10.1 Å². The minimum absolute atomic E-state index is 0.0973. The van der Waals surface area contributed by atoms with E-state index in [1.165, 1.54) is 0 Å². The fourth-order valence-corrected chi connectivity index (χ4v) is 7.71. The van der Waals surface area contributed by atoms with E-state index in [4.69, 9.17) is 18.4 Å². The molecule has 2 heterocycles. The first-order valence-corrected chi connectivity index (χ1v) is 20.1. The van der Waals surface area contributed by atoms with E-state index in [2.05, 4.69) is 9.97 Å². The standard InChI is InChI=1S/C48H44N2O6S/c1-33-12-19-45(34(2)28-33)57(51,52)56-44-18-17-43(37-13-15-40(16-14-37)55-48(3,4)5)46(38-8-6-10-41(29-38)53-31-35-20-24-49-25-21-35)47(44)39-9-7-11-42(30-39)54-32-36-22-26-50-27-23-36/h6-30H,31-32H2,1-5H3. The van der Waals surface area contributed by atoms with Crippen molar-refractivity contribution in [1.29, 1.82) is 0 Å². The molecule has 0 saturated heterocycles. The second kappa shape index (κ2) is 16.7. The summed E-state index contributed by atoms with van der Waals surface area (Å²) in [5.74, 6) is 2.13. The third kappa shape index (κ3) is 9.69. The van der Waals surface area contributed by atoms with Crippen LogP contribution in [0.1, 0.15) is 43.0 Å². The largest absolute Gasteiger partial charge is 0.489 e. The van der Waals surface area contributed by atoms with Crippen LogP contribution in [0.3, 0.4) is 0 Å². The number of hydrogen-bond acceptors (Lipinski definition) is 8. The Kier molecular flexibility index (Phi) is 11.4. The summed E-state index contributed by atoms with van der Waals surface area (Å²) in [6.45, 7) is 10.4. The van der Waals surface area contributed by atoms with Gasteiger partial charge in [-0.15, -0.1) is 0 Å². The molecule has 288 valence electrons. The molecular formula is C48H44N2O6S. The number of pyridine rings is 2. The Morgan fingerprint density at radius 2 is 1.12 bits per heavy atom. The van der Waals surface area contributed by atoms with Crippen LogP contribution in [0.2, 0.25) is 0 Å². The van der Waals surface area contributed by atoms with Crippen molar-refractivity contribution in [3.63, 3.8) is 0 Å². The van der Waals surface area contributed by atoms with E-state index >= 15 is 0 Å². The van der Waals surface area contributed by atoms with Gasteiger partial charge in [-0.1, -0.05) is 54.1 Å². The van der Waals surface area contributed by atoms with Crippen molar-refractivity contribution in [2.24, 2.45) is 0 Å². The van der Waals surface area contributed by atoms with E-state index in [0.717, 1.165) is 44.7 Å². The second-order valence-corrected chi connectivity index (χ2v) is 16.3. The second-order valence-electron chi connectivity index (χ2n) is 14.8. The van der Waals surface area contributed by atoms with Crippen LogP contribution in [0.5, 0.6) is 23.0 Å². The molecule has 0 unspecified atom stereocenters. The predicted octanol–water partition coefficient (Wildman–Crippen LogP) is 11.2. The zero-order chi connectivity index (χ0) is 40.0. The van der Waals surface area contributed by atoms with Gasteiger partial charge in [0.25, 0.3) is 0 Å². The van der Waals surface area contributed by atoms with Crippen LogP contribution in [-0.4, -0.2) is 24.0 Å². The lowest BCUT2D eigenvalue weighted by Crippen LogP contribution is -2.22. The highest BCUT2D eigenvalue weighted by molar-refractivity contribution is 7.87. The van der Waals surface area contributed by atoms with Crippen LogP contribution < -0.4 is 18.4 Å². The zero-order valence-electron chi connectivity index (χ0n) is 32.6. The minimum atomic E-state index is -4.28. The number of aromatic nitrogens is 2. The van der Waals surface area contributed by atoms with E-state index in [1.807, 2.05) is 137 Å². The van der Waals surface area contributed by atoms with Gasteiger partial charge in [0.2, 0.25) is 0 Å². The van der Waals surface area contributed by atoms with Crippen LogP contribution in [0.25, 0.3) is 33.4 Å². The molecule has 0 radical (unpaired) electrons. The zero-order valence-corrected chi connectivity index (χ0v) is 33.4. The van der Waals surface area contributed by atoms with Crippen LogP contribution in [0.4, 0.5) is 0 Å². The number of aryl methyl sites for hydroxylation is 2. The fraction of sp³-hybridized carbons (Fsp3) is 0.167. The van der Waals surface area contributed by atoms with Gasteiger partial charge in [-0.25, -0.2) is 0 Å². The molecule has 0 aliphatic carbocycles. The Bertz CT molecular complexity index is 2590. The molecule has 0 N–H and O–H groups in total. The van der Waals surface area contributed by atoms with Crippen molar-refractivity contribution in [2.45, 2.75) is 58.3 Å². The summed E-state index contributed by atoms with van der Waals surface area (Å²) in [4.78, 5) is 8.33. The predicted molar refractivity (Wildman–Crippen MR) is 224 cm³/mol. The lowest BCUT2D eigenvalue weighted by atomic mass is 9.87. The van der Waals surface area contributed by atoms with E-state index in [-0.39, 0.29) is 16.2 Å². The van der Waals surface area contributed by atoms with Crippen molar-refractivity contribution in [3.8, 4) is 56.4 Å². The van der Waals surface area contributed by atoms with Gasteiger partial charge in [0.1, 0.15) is 41.0 Å². The van der Waals surface area contributed by atoms with Gasteiger partial charge in [-0.2, -0.15) is 8.42 Å². The third-order valence-corrected chi connectivity index (χ3v) is 10.5. The maximum atomic E-state index is 14.2. The average molecular weight is 777 g/mol. The Hall–Kier alpha value is -6.45. The molecular weight excluding hydrogens is 733 g/mol. The Morgan fingerprint density at radius 1 is 0.561 bits per heavy atom. The maximum absolute atomic E-state index is 14.2. The first kappa shape index (κ1) is 38.8. The fourth-order valence-electron chi connectivity index (χ4n) is 6.55. The highest BCUT2D eigenvalue weighted by Crippen LogP contribution is 2.47. The summed E-state index contributed by atoms with van der Waals surface area (Å²) in [7, 11) is -4.28. The highest BCUT2D eigenvalue weighted by Gasteiger charge is 2.26. The lowest BCUT2D eigenvalue weighted by molar-refractivity contribution is 0.131. The topological polar surface area (TPSA) is 96.8 Å². The van der Waals surface area contributed by atoms with Crippen LogP contribution in [-0.2, 0) is 23.3 Å². The van der Waals surface area contributed by atoms with Gasteiger partial charge < -0.3 is 18.4 Å². The summed E-state index contributed by atoms with van der Waals surface area (Å²) in [6, 6.07) is 39.7. The normalized spacial score (nSPS) is 11.5. The van der Waals surface area contributed by atoms with Crippen molar-refractivity contribution >= 4 is 10.1 Å². The molecule has 2 aromatic heterocycles. The van der Waals surface area contributed by atoms with Crippen molar-refractivity contribution in [3.05, 3.63) is 174 Å². The van der Waals surface area contributed by atoms with Crippen LogP contribution in [0, 0.1) is 13.8 Å². The minimum Gasteiger partial charge on any atom is -0.489 e. The molecule has 0 fully saturated rings. The SMILES string of the molecule is Cc1ccc(S(=O)(=O)Oc2ccc(-c3ccc(OC(C)(C)C)cc3)c(-c3cccc(OCc4ccncc4)c3)c2-c2cccc(OCc3ccncc3)c2)c(C)c1. The monoisotopic (exact) mass is 776 g/mol. The van der Waals surface area contributed by atoms with E-state index in [0.29, 0.717) is 41.4 Å². The molecule has 57 heavy (non-hydrogen) atoms. The molecule has 5 aromatic carbocycles. The molecule has 9 heteroatoms. The Balaban J connectivity index is 1.42. The molecule has 0 bridgehead atoms. The molecule has 7 rings (SSSR count). The molecule has 0 saturated carbocycles. The summed E-state index contributed by atoms with van der Waals surface area (Å²) in [6.07, 6.45) is 6.92. The van der Waals surface area contributed by atoms with Gasteiger partial charge in [0.15, 0.2) is 5.75 Å². The first-order valence-electron chi connectivity index (χ1n) is 18.6. The van der Waals surface area contributed by atoms with Crippen molar-refractivity contribution in [1.82, 2.24) is 9.97 Å². The van der Waals surface area contributed by atoms with Gasteiger partial charge in [0.05, 0.1) is 0 Å².